The van der Waals surface area contributed by atoms with E-state index in [1.54, 1.807) is 0 Å². The first-order valence-electron chi connectivity index (χ1n) is 5.21. The van der Waals surface area contributed by atoms with Crippen LogP contribution in [0.5, 0.6) is 0 Å². The highest BCUT2D eigenvalue weighted by Gasteiger charge is 2.19. The maximum absolute atomic E-state index is 6.11. The van der Waals surface area contributed by atoms with Crippen LogP contribution in [-0.2, 0) is 0 Å². The van der Waals surface area contributed by atoms with Gasteiger partial charge in [0.05, 0.1) is 0 Å². The van der Waals surface area contributed by atoms with Gasteiger partial charge in [-0.3, -0.25) is 0 Å². The van der Waals surface area contributed by atoms with Crippen molar-refractivity contribution in [3.8, 4) is 0 Å². The van der Waals surface area contributed by atoms with Crippen molar-refractivity contribution in [2.75, 3.05) is 5.75 Å². The Bertz CT molecular complexity index is 110. The van der Waals surface area contributed by atoms with Crippen LogP contribution in [0, 0.1) is 0 Å². The fourth-order valence-corrected chi connectivity index (χ4v) is 3.12. The first-order valence-corrected chi connectivity index (χ1v) is 6.26. The molecule has 0 aliphatic carbocycles. The highest BCUT2D eigenvalue weighted by Crippen LogP contribution is 2.28. The SMILES string of the molecule is CCCCC(N)C1CCCCS1. The zero-order chi connectivity index (χ0) is 8.81. The summed E-state index contributed by atoms with van der Waals surface area (Å²) in [5.41, 5.74) is 6.11. The van der Waals surface area contributed by atoms with E-state index in [0.29, 0.717) is 6.04 Å². The van der Waals surface area contributed by atoms with Crippen molar-refractivity contribution in [1.29, 1.82) is 0 Å². The van der Waals surface area contributed by atoms with Crippen molar-refractivity contribution in [3.63, 3.8) is 0 Å². The van der Waals surface area contributed by atoms with E-state index in [2.05, 4.69) is 18.7 Å². The van der Waals surface area contributed by atoms with Gasteiger partial charge in [0, 0.05) is 11.3 Å². The van der Waals surface area contributed by atoms with E-state index in [-0.39, 0.29) is 0 Å². The van der Waals surface area contributed by atoms with Gasteiger partial charge in [0.2, 0.25) is 0 Å². The third-order valence-corrected chi connectivity index (χ3v) is 4.12. The summed E-state index contributed by atoms with van der Waals surface area (Å²) in [6, 6.07) is 0.468. The fourth-order valence-electron chi connectivity index (χ4n) is 1.73. The molecule has 1 aliphatic rings. The predicted octanol–water partition coefficient (Wildman–Crippen LogP) is 2.79. The largest absolute Gasteiger partial charge is 0.327 e. The Kier molecular flexibility index (Phi) is 5.08. The molecular formula is C10H21NS. The lowest BCUT2D eigenvalue weighted by Crippen LogP contribution is -2.34. The topological polar surface area (TPSA) is 26.0 Å². The van der Waals surface area contributed by atoms with Crippen LogP contribution in [0.15, 0.2) is 0 Å². The molecule has 2 N–H and O–H groups in total. The number of rotatable bonds is 4. The van der Waals surface area contributed by atoms with E-state index >= 15 is 0 Å². The highest BCUT2D eigenvalue weighted by atomic mass is 32.2. The molecule has 72 valence electrons. The fraction of sp³-hybridized carbons (Fsp3) is 1.00. The van der Waals surface area contributed by atoms with E-state index in [4.69, 9.17) is 5.73 Å². The van der Waals surface area contributed by atoms with Crippen molar-refractivity contribution < 1.29 is 0 Å². The minimum Gasteiger partial charge on any atom is -0.327 e. The molecule has 0 amide bonds. The van der Waals surface area contributed by atoms with Crippen LogP contribution in [0.1, 0.15) is 45.4 Å². The van der Waals surface area contributed by atoms with Crippen molar-refractivity contribution >= 4 is 11.8 Å². The molecule has 0 radical (unpaired) electrons. The third kappa shape index (κ3) is 3.36. The van der Waals surface area contributed by atoms with Gasteiger partial charge in [-0.15, -0.1) is 0 Å². The lowest BCUT2D eigenvalue weighted by atomic mass is 10.0. The molecule has 0 spiro atoms. The summed E-state index contributed by atoms with van der Waals surface area (Å²) in [6.07, 6.45) is 7.98. The molecule has 0 bridgehead atoms. The summed E-state index contributed by atoms with van der Waals surface area (Å²) in [4.78, 5) is 0. The summed E-state index contributed by atoms with van der Waals surface area (Å²) in [6.45, 7) is 2.24. The van der Waals surface area contributed by atoms with E-state index in [9.17, 15) is 0 Å². The van der Waals surface area contributed by atoms with Crippen LogP contribution in [0.2, 0.25) is 0 Å². The van der Waals surface area contributed by atoms with Crippen molar-refractivity contribution in [3.05, 3.63) is 0 Å². The number of nitrogens with two attached hydrogens (primary N) is 1. The Morgan fingerprint density at radius 1 is 1.50 bits per heavy atom. The second-order valence-electron chi connectivity index (χ2n) is 3.71. The number of hydrogen-bond donors (Lipinski definition) is 1. The molecule has 0 saturated carbocycles. The Morgan fingerprint density at radius 3 is 2.92 bits per heavy atom. The van der Waals surface area contributed by atoms with Crippen molar-refractivity contribution in [2.45, 2.75) is 56.7 Å². The predicted molar refractivity (Wildman–Crippen MR) is 57.6 cm³/mol. The van der Waals surface area contributed by atoms with Gasteiger partial charge >= 0.3 is 0 Å². The standard InChI is InChI=1S/C10H21NS/c1-2-3-6-9(11)10-7-4-5-8-12-10/h9-10H,2-8,11H2,1H3. The number of hydrogen-bond acceptors (Lipinski definition) is 2. The first-order chi connectivity index (χ1) is 5.84. The molecule has 1 fully saturated rings. The molecule has 0 aromatic rings. The number of unbranched alkanes of at least 4 members (excludes halogenated alkanes) is 1. The van der Waals surface area contributed by atoms with Gasteiger partial charge in [-0.05, 0) is 25.0 Å². The van der Waals surface area contributed by atoms with E-state index in [0.717, 1.165) is 5.25 Å². The van der Waals surface area contributed by atoms with Gasteiger partial charge in [-0.1, -0.05) is 26.2 Å². The molecule has 12 heavy (non-hydrogen) atoms. The van der Waals surface area contributed by atoms with E-state index in [1.807, 2.05) is 0 Å². The molecule has 0 aromatic carbocycles. The summed E-state index contributed by atoms with van der Waals surface area (Å²) in [5.74, 6) is 1.34. The normalized spacial score (nSPS) is 27.0. The van der Waals surface area contributed by atoms with Gasteiger partial charge in [0.25, 0.3) is 0 Å². The lowest BCUT2D eigenvalue weighted by Gasteiger charge is -2.26. The molecule has 2 unspecified atom stereocenters. The molecule has 1 saturated heterocycles. The Balaban J connectivity index is 2.15. The summed E-state index contributed by atoms with van der Waals surface area (Å²) in [5, 5.41) is 0.769. The van der Waals surface area contributed by atoms with Gasteiger partial charge in [-0.25, -0.2) is 0 Å². The summed E-state index contributed by atoms with van der Waals surface area (Å²) in [7, 11) is 0. The van der Waals surface area contributed by atoms with Crippen LogP contribution in [-0.4, -0.2) is 17.0 Å². The van der Waals surface area contributed by atoms with Crippen LogP contribution in [0.3, 0.4) is 0 Å². The molecule has 0 aromatic heterocycles. The second-order valence-corrected chi connectivity index (χ2v) is 5.06. The quantitative estimate of drug-likeness (QED) is 0.732. The van der Waals surface area contributed by atoms with Crippen LogP contribution in [0.25, 0.3) is 0 Å². The zero-order valence-corrected chi connectivity index (χ0v) is 8.91. The van der Waals surface area contributed by atoms with Gasteiger partial charge in [0.15, 0.2) is 0 Å². The van der Waals surface area contributed by atoms with E-state index in [1.165, 1.54) is 44.3 Å². The van der Waals surface area contributed by atoms with Crippen LogP contribution in [0.4, 0.5) is 0 Å². The average molecular weight is 187 g/mol. The Morgan fingerprint density at radius 2 is 2.33 bits per heavy atom. The summed E-state index contributed by atoms with van der Waals surface area (Å²) < 4.78 is 0. The smallest absolute Gasteiger partial charge is 0.0199 e. The third-order valence-electron chi connectivity index (χ3n) is 2.58. The highest BCUT2D eigenvalue weighted by molar-refractivity contribution is 8.00. The second kappa shape index (κ2) is 5.87. The van der Waals surface area contributed by atoms with E-state index < -0.39 is 0 Å². The minimum atomic E-state index is 0.468. The molecule has 1 heterocycles. The molecule has 2 atom stereocenters. The summed E-state index contributed by atoms with van der Waals surface area (Å²) >= 11 is 2.10. The molecule has 1 rings (SSSR count). The zero-order valence-electron chi connectivity index (χ0n) is 8.09. The maximum atomic E-state index is 6.11. The van der Waals surface area contributed by atoms with Gasteiger partial charge in [-0.2, -0.15) is 11.8 Å². The average Bonchev–Trinajstić information content (AvgIpc) is 2.15. The van der Waals surface area contributed by atoms with Gasteiger partial charge in [0.1, 0.15) is 0 Å². The molecule has 1 nitrogen and oxygen atoms in total. The Labute approximate surface area is 80.5 Å². The van der Waals surface area contributed by atoms with Crippen molar-refractivity contribution in [2.24, 2.45) is 5.73 Å². The van der Waals surface area contributed by atoms with Gasteiger partial charge < -0.3 is 5.73 Å². The molecule has 1 aliphatic heterocycles. The maximum Gasteiger partial charge on any atom is 0.0199 e. The molecule has 2 heteroatoms. The monoisotopic (exact) mass is 187 g/mol. The molecular weight excluding hydrogens is 166 g/mol. The van der Waals surface area contributed by atoms with Crippen LogP contribution >= 0.6 is 11.8 Å². The minimum absolute atomic E-state index is 0.468. The van der Waals surface area contributed by atoms with Crippen molar-refractivity contribution in [1.82, 2.24) is 0 Å². The lowest BCUT2D eigenvalue weighted by molar-refractivity contribution is 0.514. The van der Waals surface area contributed by atoms with Crippen LogP contribution < -0.4 is 5.73 Å². The Hall–Kier alpha value is 0.310. The first kappa shape index (κ1) is 10.4. The number of thioether (sulfide) groups is 1.